The minimum Gasteiger partial charge on any atom is -0.326 e. The Morgan fingerprint density at radius 2 is 2.21 bits per heavy atom. The molecule has 0 unspecified atom stereocenters. The summed E-state index contributed by atoms with van der Waals surface area (Å²) in [5.74, 6) is 0.422. The van der Waals surface area contributed by atoms with Gasteiger partial charge in [0.25, 0.3) is 0 Å². The van der Waals surface area contributed by atoms with Crippen LogP contribution in [0.1, 0.15) is 18.4 Å². The van der Waals surface area contributed by atoms with Crippen LogP contribution in [-0.4, -0.2) is 5.91 Å². The van der Waals surface area contributed by atoms with Gasteiger partial charge in [0.2, 0.25) is 5.91 Å². The molecule has 1 aromatic rings. The van der Waals surface area contributed by atoms with E-state index in [4.69, 9.17) is 0 Å². The third kappa shape index (κ3) is 2.15. The Kier molecular flexibility index (Phi) is 2.59. The first-order valence-corrected chi connectivity index (χ1v) is 5.53. The fourth-order valence-corrected chi connectivity index (χ4v) is 1.56. The largest absolute Gasteiger partial charge is 0.326 e. The molecule has 2 nitrogen and oxygen atoms in total. The van der Waals surface area contributed by atoms with Crippen LogP contribution in [0.2, 0.25) is 0 Å². The standard InChI is InChI=1S/C11H12BrNO/c1-7-6-9(4-5-10(7)12)13-11(14)8-2-3-8/h4-6,8H,2-3H2,1H3,(H,13,14). The molecule has 0 radical (unpaired) electrons. The Morgan fingerprint density at radius 3 is 2.79 bits per heavy atom. The van der Waals surface area contributed by atoms with Crippen LogP contribution < -0.4 is 5.32 Å². The van der Waals surface area contributed by atoms with Crippen molar-refractivity contribution >= 4 is 27.5 Å². The number of benzene rings is 1. The first-order chi connectivity index (χ1) is 6.66. The van der Waals surface area contributed by atoms with E-state index >= 15 is 0 Å². The van der Waals surface area contributed by atoms with Gasteiger partial charge in [-0.1, -0.05) is 15.9 Å². The molecular weight excluding hydrogens is 242 g/mol. The summed E-state index contributed by atoms with van der Waals surface area (Å²) in [4.78, 5) is 11.4. The number of hydrogen-bond donors (Lipinski definition) is 1. The van der Waals surface area contributed by atoms with Gasteiger partial charge in [0, 0.05) is 16.1 Å². The Morgan fingerprint density at radius 1 is 1.50 bits per heavy atom. The molecule has 1 N–H and O–H groups in total. The third-order valence-electron chi connectivity index (χ3n) is 2.37. The van der Waals surface area contributed by atoms with Crippen LogP contribution in [0.15, 0.2) is 22.7 Å². The van der Waals surface area contributed by atoms with Gasteiger partial charge < -0.3 is 5.32 Å². The second-order valence-corrected chi connectivity index (χ2v) is 4.58. The zero-order chi connectivity index (χ0) is 10.1. The van der Waals surface area contributed by atoms with Crippen molar-refractivity contribution in [2.45, 2.75) is 19.8 Å². The van der Waals surface area contributed by atoms with Crippen LogP contribution in [0, 0.1) is 12.8 Å². The summed E-state index contributed by atoms with van der Waals surface area (Å²) >= 11 is 3.42. The number of anilines is 1. The predicted molar refractivity (Wildman–Crippen MR) is 60.2 cm³/mol. The molecule has 74 valence electrons. The molecule has 3 heteroatoms. The zero-order valence-corrected chi connectivity index (χ0v) is 9.60. The van der Waals surface area contributed by atoms with E-state index in [0.29, 0.717) is 0 Å². The molecule has 2 rings (SSSR count). The second-order valence-electron chi connectivity index (χ2n) is 3.73. The van der Waals surface area contributed by atoms with Crippen molar-refractivity contribution in [3.8, 4) is 0 Å². The van der Waals surface area contributed by atoms with Crippen LogP contribution in [0.5, 0.6) is 0 Å². The summed E-state index contributed by atoms with van der Waals surface area (Å²) in [6, 6.07) is 5.85. The van der Waals surface area contributed by atoms with Crippen LogP contribution in [-0.2, 0) is 4.79 Å². The SMILES string of the molecule is Cc1cc(NC(=O)C2CC2)ccc1Br. The smallest absolute Gasteiger partial charge is 0.227 e. The van der Waals surface area contributed by atoms with Crippen molar-refractivity contribution in [2.75, 3.05) is 5.32 Å². The topological polar surface area (TPSA) is 29.1 Å². The average Bonchev–Trinajstić information content (AvgIpc) is 2.94. The van der Waals surface area contributed by atoms with Crippen molar-refractivity contribution < 1.29 is 4.79 Å². The number of carbonyl (C=O) groups is 1. The quantitative estimate of drug-likeness (QED) is 0.863. The van der Waals surface area contributed by atoms with Crippen molar-refractivity contribution in [3.05, 3.63) is 28.2 Å². The second kappa shape index (κ2) is 3.73. The number of halogens is 1. The third-order valence-corrected chi connectivity index (χ3v) is 3.26. The Balaban J connectivity index is 2.08. The highest BCUT2D eigenvalue weighted by molar-refractivity contribution is 9.10. The van der Waals surface area contributed by atoms with Gasteiger partial charge in [0.15, 0.2) is 0 Å². The molecule has 1 fully saturated rings. The average molecular weight is 254 g/mol. The van der Waals surface area contributed by atoms with E-state index in [1.807, 2.05) is 25.1 Å². The minimum atomic E-state index is 0.159. The van der Waals surface area contributed by atoms with E-state index in [2.05, 4.69) is 21.2 Å². The molecule has 0 spiro atoms. The number of carbonyl (C=O) groups excluding carboxylic acids is 1. The summed E-state index contributed by atoms with van der Waals surface area (Å²) in [6.45, 7) is 2.01. The van der Waals surface area contributed by atoms with Crippen LogP contribution >= 0.6 is 15.9 Å². The monoisotopic (exact) mass is 253 g/mol. The number of aryl methyl sites for hydroxylation is 1. The maximum absolute atomic E-state index is 11.4. The van der Waals surface area contributed by atoms with Crippen molar-refractivity contribution in [3.63, 3.8) is 0 Å². The minimum absolute atomic E-state index is 0.159. The molecule has 0 aromatic heterocycles. The van der Waals surface area contributed by atoms with Gasteiger partial charge >= 0.3 is 0 Å². The number of rotatable bonds is 2. The molecule has 1 aromatic carbocycles. The Labute approximate surface area is 91.8 Å². The van der Waals surface area contributed by atoms with Gasteiger partial charge in [-0.25, -0.2) is 0 Å². The van der Waals surface area contributed by atoms with Crippen LogP contribution in [0.25, 0.3) is 0 Å². The number of hydrogen-bond acceptors (Lipinski definition) is 1. The molecule has 0 aliphatic heterocycles. The lowest BCUT2D eigenvalue weighted by atomic mass is 10.2. The molecular formula is C11H12BrNO. The normalized spacial score (nSPS) is 15.3. The molecule has 1 aliphatic carbocycles. The number of nitrogens with one attached hydrogen (secondary N) is 1. The summed E-state index contributed by atoms with van der Waals surface area (Å²) < 4.78 is 1.07. The maximum Gasteiger partial charge on any atom is 0.227 e. The lowest BCUT2D eigenvalue weighted by Gasteiger charge is -2.05. The summed E-state index contributed by atoms with van der Waals surface area (Å²) in [6.07, 6.45) is 2.09. The molecule has 1 amide bonds. The van der Waals surface area contributed by atoms with Gasteiger partial charge in [-0.05, 0) is 43.5 Å². The van der Waals surface area contributed by atoms with E-state index in [1.54, 1.807) is 0 Å². The fourth-order valence-electron chi connectivity index (χ4n) is 1.31. The molecule has 0 atom stereocenters. The fraction of sp³-hybridized carbons (Fsp3) is 0.364. The molecule has 14 heavy (non-hydrogen) atoms. The predicted octanol–water partition coefficient (Wildman–Crippen LogP) is 3.11. The lowest BCUT2D eigenvalue weighted by Crippen LogP contribution is -2.13. The number of amides is 1. The highest BCUT2D eigenvalue weighted by atomic mass is 79.9. The Hall–Kier alpha value is -0.830. The van der Waals surface area contributed by atoms with Crippen LogP contribution in [0.4, 0.5) is 5.69 Å². The van der Waals surface area contributed by atoms with Crippen LogP contribution in [0.3, 0.4) is 0 Å². The van der Waals surface area contributed by atoms with Gasteiger partial charge in [-0.3, -0.25) is 4.79 Å². The maximum atomic E-state index is 11.4. The molecule has 1 aliphatic rings. The van der Waals surface area contributed by atoms with Gasteiger partial charge in [-0.15, -0.1) is 0 Å². The highest BCUT2D eigenvalue weighted by Crippen LogP contribution is 2.30. The van der Waals surface area contributed by atoms with Crippen molar-refractivity contribution in [1.29, 1.82) is 0 Å². The highest BCUT2D eigenvalue weighted by Gasteiger charge is 2.29. The van der Waals surface area contributed by atoms with Gasteiger partial charge in [-0.2, -0.15) is 0 Å². The van der Waals surface area contributed by atoms with E-state index in [1.165, 1.54) is 0 Å². The first-order valence-electron chi connectivity index (χ1n) is 4.74. The van der Waals surface area contributed by atoms with E-state index in [9.17, 15) is 4.79 Å². The van der Waals surface area contributed by atoms with Crippen molar-refractivity contribution in [2.24, 2.45) is 5.92 Å². The van der Waals surface area contributed by atoms with Gasteiger partial charge in [0.1, 0.15) is 0 Å². The van der Waals surface area contributed by atoms with Gasteiger partial charge in [0.05, 0.1) is 0 Å². The van der Waals surface area contributed by atoms with E-state index in [-0.39, 0.29) is 11.8 Å². The molecule has 0 heterocycles. The summed E-state index contributed by atoms with van der Waals surface area (Å²) in [5, 5.41) is 2.91. The Bertz CT molecular complexity index is 372. The van der Waals surface area contributed by atoms with Crippen molar-refractivity contribution in [1.82, 2.24) is 0 Å². The first kappa shape index (κ1) is 9.71. The molecule has 0 saturated heterocycles. The zero-order valence-electron chi connectivity index (χ0n) is 8.01. The van der Waals surface area contributed by atoms with E-state index in [0.717, 1.165) is 28.6 Å². The summed E-state index contributed by atoms with van der Waals surface area (Å²) in [5.41, 5.74) is 2.03. The molecule has 1 saturated carbocycles. The lowest BCUT2D eigenvalue weighted by molar-refractivity contribution is -0.117. The van der Waals surface area contributed by atoms with E-state index < -0.39 is 0 Å². The summed E-state index contributed by atoms with van der Waals surface area (Å²) in [7, 11) is 0. The molecule has 0 bridgehead atoms.